The Balaban J connectivity index is 1.21. The zero-order chi connectivity index (χ0) is 24.4. The van der Waals surface area contributed by atoms with E-state index in [1.165, 1.54) is 0 Å². The second-order valence-corrected chi connectivity index (χ2v) is 9.96. The lowest BCUT2D eigenvalue weighted by atomic mass is 9.77. The van der Waals surface area contributed by atoms with Crippen molar-refractivity contribution in [2.45, 2.75) is 31.7 Å². The van der Waals surface area contributed by atoms with E-state index >= 15 is 0 Å². The highest BCUT2D eigenvalue weighted by Crippen LogP contribution is 2.43. The van der Waals surface area contributed by atoms with Gasteiger partial charge in [-0.05, 0) is 48.4 Å². The van der Waals surface area contributed by atoms with E-state index in [4.69, 9.17) is 0 Å². The van der Waals surface area contributed by atoms with E-state index in [1.54, 1.807) is 24.3 Å². The first-order chi connectivity index (χ1) is 17.0. The van der Waals surface area contributed by atoms with Crippen LogP contribution < -0.4 is 0 Å². The van der Waals surface area contributed by atoms with Crippen LogP contribution in [0.2, 0.25) is 0 Å². The molecule has 7 nitrogen and oxygen atoms in total. The Kier molecular flexibility index (Phi) is 6.29. The number of piperidine rings is 1. The van der Waals surface area contributed by atoms with Gasteiger partial charge in [0.2, 0.25) is 11.8 Å². The van der Waals surface area contributed by atoms with Crippen molar-refractivity contribution in [3.05, 3.63) is 66.0 Å². The van der Waals surface area contributed by atoms with Gasteiger partial charge >= 0.3 is 0 Å². The fraction of sp³-hybridized carbons (Fsp3) is 0.429. The molecular formula is C28H30N4O3. The smallest absolute Gasteiger partial charge is 0.298 e. The summed E-state index contributed by atoms with van der Waals surface area (Å²) < 4.78 is 0. The molecule has 4 heterocycles. The number of likely N-dealkylation sites (tertiary alicyclic amines) is 3. The number of aromatic nitrogens is 1. The van der Waals surface area contributed by atoms with E-state index in [0.717, 1.165) is 30.4 Å². The Morgan fingerprint density at radius 3 is 2.40 bits per heavy atom. The molecule has 3 fully saturated rings. The van der Waals surface area contributed by atoms with E-state index in [-0.39, 0.29) is 41.5 Å². The lowest BCUT2D eigenvalue weighted by Crippen LogP contribution is -2.45. The van der Waals surface area contributed by atoms with Crippen LogP contribution in [0.3, 0.4) is 0 Å². The van der Waals surface area contributed by atoms with Gasteiger partial charge in [0, 0.05) is 63.5 Å². The van der Waals surface area contributed by atoms with Crippen molar-refractivity contribution in [1.29, 1.82) is 0 Å². The second-order valence-electron chi connectivity index (χ2n) is 9.96. The van der Waals surface area contributed by atoms with Gasteiger partial charge in [-0.25, -0.2) is 0 Å². The summed E-state index contributed by atoms with van der Waals surface area (Å²) in [6, 6.07) is 13.0. The molecule has 2 atom stereocenters. The third-order valence-corrected chi connectivity index (χ3v) is 7.88. The normalized spacial score (nSPS) is 23.3. The zero-order valence-corrected chi connectivity index (χ0v) is 20.0. The number of carbonyl (C=O) groups is 3. The van der Waals surface area contributed by atoms with Gasteiger partial charge in [-0.15, -0.1) is 0 Å². The van der Waals surface area contributed by atoms with Gasteiger partial charge in [-0.1, -0.05) is 30.2 Å². The van der Waals surface area contributed by atoms with E-state index < -0.39 is 0 Å². The molecule has 3 saturated heterocycles. The average Bonchev–Trinajstić information content (AvgIpc) is 3.44. The predicted molar refractivity (Wildman–Crippen MR) is 131 cm³/mol. The van der Waals surface area contributed by atoms with Crippen molar-refractivity contribution >= 4 is 17.7 Å². The van der Waals surface area contributed by atoms with Gasteiger partial charge in [-0.3, -0.25) is 19.4 Å². The summed E-state index contributed by atoms with van der Waals surface area (Å²) in [7, 11) is 1.77. The van der Waals surface area contributed by atoms with Gasteiger partial charge < -0.3 is 14.7 Å². The van der Waals surface area contributed by atoms with Crippen molar-refractivity contribution in [2.75, 3.05) is 33.2 Å². The molecule has 0 N–H and O–H groups in total. The van der Waals surface area contributed by atoms with Gasteiger partial charge in [0.1, 0.15) is 0 Å². The number of carbonyl (C=O) groups excluding carboxylic acids is 3. The zero-order valence-electron chi connectivity index (χ0n) is 20.0. The summed E-state index contributed by atoms with van der Waals surface area (Å²) in [6.45, 7) is 2.72. The fourth-order valence-corrected chi connectivity index (χ4v) is 5.77. The first-order valence-electron chi connectivity index (χ1n) is 12.3. The van der Waals surface area contributed by atoms with E-state index in [0.29, 0.717) is 26.2 Å². The van der Waals surface area contributed by atoms with E-state index in [9.17, 15) is 14.4 Å². The van der Waals surface area contributed by atoms with Gasteiger partial charge in [0.05, 0.1) is 12.0 Å². The van der Waals surface area contributed by atoms with Gasteiger partial charge in [0.25, 0.3) is 5.91 Å². The van der Waals surface area contributed by atoms with Crippen LogP contribution in [0.4, 0.5) is 0 Å². The number of benzene rings is 1. The van der Waals surface area contributed by atoms with Gasteiger partial charge in [0.15, 0.2) is 0 Å². The first kappa shape index (κ1) is 23.1. The monoisotopic (exact) mass is 470 g/mol. The minimum atomic E-state index is -0.387. The third kappa shape index (κ3) is 4.66. The molecule has 0 radical (unpaired) electrons. The summed E-state index contributed by atoms with van der Waals surface area (Å²) in [6.07, 6.45) is 6.35. The van der Waals surface area contributed by atoms with Crippen LogP contribution in [-0.2, 0) is 14.4 Å². The number of pyridine rings is 1. The lowest BCUT2D eigenvalue weighted by molar-refractivity contribution is -0.136. The van der Waals surface area contributed by atoms with Crippen LogP contribution >= 0.6 is 0 Å². The number of rotatable bonds is 2. The van der Waals surface area contributed by atoms with Crippen molar-refractivity contribution < 1.29 is 14.4 Å². The van der Waals surface area contributed by atoms with Crippen molar-refractivity contribution in [2.24, 2.45) is 11.3 Å². The van der Waals surface area contributed by atoms with Gasteiger partial charge in [-0.2, -0.15) is 0 Å². The van der Waals surface area contributed by atoms with E-state index in [1.807, 2.05) is 52.3 Å². The molecule has 0 bridgehead atoms. The Labute approximate surface area is 206 Å². The Bertz CT molecular complexity index is 1160. The Morgan fingerprint density at radius 1 is 1.00 bits per heavy atom. The SMILES string of the molecule is CN1C(=O)CC(C(=O)N2CCC3(CCN(C(=O)C#Cc4ccccc4)CC3)C2)C1c1cccnc1. The quantitative estimate of drug-likeness (QED) is 0.633. The molecule has 180 valence electrons. The third-order valence-electron chi connectivity index (χ3n) is 7.88. The molecule has 0 saturated carbocycles. The van der Waals surface area contributed by atoms with Crippen LogP contribution in [-0.4, -0.2) is 70.6 Å². The number of nitrogens with zero attached hydrogens (tertiary/aromatic N) is 4. The fourth-order valence-electron chi connectivity index (χ4n) is 5.77. The largest absolute Gasteiger partial charge is 0.342 e. The van der Waals surface area contributed by atoms with Crippen LogP contribution in [0.25, 0.3) is 0 Å². The highest BCUT2D eigenvalue weighted by atomic mass is 16.2. The van der Waals surface area contributed by atoms with Crippen LogP contribution in [0.1, 0.15) is 42.9 Å². The van der Waals surface area contributed by atoms with Crippen LogP contribution in [0, 0.1) is 23.2 Å². The second kappa shape index (κ2) is 9.53. The summed E-state index contributed by atoms with van der Waals surface area (Å²) in [4.78, 5) is 48.4. The molecular weight excluding hydrogens is 440 g/mol. The Hall–Kier alpha value is -3.66. The molecule has 1 aromatic carbocycles. The topological polar surface area (TPSA) is 73.8 Å². The molecule has 3 amide bonds. The Morgan fingerprint density at radius 2 is 1.71 bits per heavy atom. The van der Waals surface area contributed by atoms with Crippen molar-refractivity contribution in [3.63, 3.8) is 0 Å². The molecule has 1 spiro atoms. The molecule has 1 aromatic heterocycles. The predicted octanol–water partition coefficient (Wildman–Crippen LogP) is 2.49. The molecule has 3 aliphatic heterocycles. The number of amides is 3. The lowest BCUT2D eigenvalue weighted by Gasteiger charge is -2.38. The minimum Gasteiger partial charge on any atom is -0.342 e. The summed E-state index contributed by atoms with van der Waals surface area (Å²) in [5.74, 6) is 5.25. The summed E-state index contributed by atoms with van der Waals surface area (Å²) in [5, 5.41) is 0. The first-order valence-corrected chi connectivity index (χ1v) is 12.3. The van der Waals surface area contributed by atoms with Crippen LogP contribution in [0.5, 0.6) is 0 Å². The number of hydrogen-bond acceptors (Lipinski definition) is 4. The average molecular weight is 471 g/mol. The van der Waals surface area contributed by atoms with E-state index in [2.05, 4.69) is 16.8 Å². The molecule has 2 unspecified atom stereocenters. The molecule has 0 aliphatic carbocycles. The highest BCUT2D eigenvalue weighted by molar-refractivity contribution is 5.94. The van der Waals surface area contributed by atoms with Crippen molar-refractivity contribution in [3.8, 4) is 11.8 Å². The highest BCUT2D eigenvalue weighted by Gasteiger charge is 2.48. The number of hydrogen-bond donors (Lipinski definition) is 0. The minimum absolute atomic E-state index is 0.00505. The maximum absolute atomic E-state index is 13.6. The molecule has 7 heteroatoms. The maximum Gasteiger partial charge on any atom is 0.298 e. The molecule has 35 heavy (non-hydrogen) atoms. The summed E-state index contributed by atoms with van der Waals surface area (Å²) >= 11 is 0. The van der Waals surface area contributed by atoms with Crippen LogP contribution in [0.15, 0.2) is 54.9 Å². The molecule has 2 aromatic rings. The molecule has 5 rings (SSSR count). The standard InChI is InChI=1S/C28H30N4O3/c1-30-25(34)18-23(26(30)22-8-5-14-29-19-22)27(35)32-17-13-28(20-32)11-15-31(16-12-28)24(33)10-9-21-6-3-2-4-7-21/h2-8,14,19,23,26H,11-13,15-18,20H2,1H3. The maximum atomic E-state index is 13.6. The van der Waals surface area contributed by atoms with Crippen molar-refractivity contribution in [1.82, 2.24) is 19.7 Å². The summed E-state index contributed by atoms with van der Waals surface area (Å²) in [5.41, 5.74) is 1.77. The molecule has 3 aliphatic rings.